The lowest BCUT2D eigenvalue weighted by atomic mass is 10.3. The topological polar surface area (TPSA) is 61.4 Å². The number of hydrogen-bond donors (Lipinski definition) is 2. The zero-order chi connectivity index (χ0) is 9.84. The third-order valence-electron chi connectivity index (χ3n) is 1.92. The maximum absolute atomic E-state index is 10.8. The predicted octanol–water partition coefficient (Wildman–Crippen LogP) is -0.405. The smallest absolute Gasteiger partial charge is 0.231 e. The van der Waals surface area contributed by atoms with Crippen LogP contribution in [0.5, 0.6) is 0 Å². The fraction of sp³-hybridized carbons (Fsp3) is 0.750. The van der Waals surface area contributed by atoms with Gasteiger partial charge in [-0.25, -0.2) is 0 Å². The molecule has 1 aliphatic rings. The summed E-state index contributed by atoms with van der Waals surface area (Å²) in [6.45, 7) is 3.73. The molecule has 1 rings (SSSR count). The zero-order valence-electron chi connectivity index (χ0n) is 7.96. The standard InChI is InChI=1S/C8H15N3O2/c1-6(12)9-8-4-3-5-11(8)10-7(2)13/h8H,3-5H2,1-2H3,(H,9,12)(H,10,13). The largest absolute Gasteiger partial charge is 0.339 e. The number of amides is 2. The molecule has 0 aromatic rings. The van der Waals surface area contributed by atoms with E-state index in [2.05, 4.69) is 10.7 Å². The van der Waals surface area contributed by atoms with E-state index < -0.39 is 0 Å². The van der Waals surface area contributed by atoms with E-state index in [1.165, 1.54) is 13.8 Å². The van der Waals surface area contributed by atoms with E-state index in [1.54, 1.807) is 5.01 Å². The zero-order valence-corrected chi connectivity index (χ0v) is 7.96. The van der Waals surface area contributed by atoms with E-state index in [4.69, 9.17) is 0 Å². The first kappa shape index (κ1) is 9.98. The summed E-state index contributed by atoms with van der Waals surface area (Å²) < 4.78 is 0. The molecule has 2 N–H and O–H groups in total. The number of nitrogens with zero attached hydrogens (tertiary/aromatic N) is 1. The van der Waals surface area contributed by atoms with Crippen LogP contribution in [0, 0.1) is 0 Å². The first-order valence-corrected chi connectivity index (χ1v) is 4.40. The van der Waals surface area contributed by atoms with Gasteiger partial charge in [-0.1, -0.05) is 0 Å². The summed E-state index contributed by atoms with van der Waals surface area (Å²) in [6.07, 6.45) is 1.84. The van der Waals surface area contributed by atoms with Crippen LogP contribution in [0.15, 0.2) is 0 Å². The van der Waals surface area contributed by atoms with Crippen LogP contribution in [0.3, 0.4) is 0 Å². The van der Waals surface area contributed by atoms with Gasteiger partial charge in [-0.2, -0.15) is 5.01 Å². The quantitative estimate of drug-likeness (QED) is 0.615. The van der Waals surface area contributed by atoms with Crippen molar-refractivity contribution < 1.29 is 9.59 Å². The fourth-order valence-corrected chi connectivity index (χ4v) is 1.49. The monoisotopic (exact) mass is 185 g/mol. The lowest BCUT2D eigenvalue weighted by Crippen LogP contribution is -2.51. The molecule has 2 amide bonds. The second-order valence-corrected chi connectivity index (χ2v) is 3.22. The average Bonchev–Trinajstić information content (AvgIpc) is 2.34. The molecular formula is C8H15N3O2. The van der Waals surface area contributed by atoms with Crippen LogP contribution in [0.1, 0.15) is 26.7 Å². The molecule has 1 heterocycles. The molecule has 0 aromatic carbocycles. The highest BCUT2D eigenvalue weighted by molar-refractivity contribution is 5.74. The molecule has 0 aliphatic carbocycles. The van der Waals surface area contributed by atoms with E-state index in [0.717, 1.165) is 19.4 Å². The minimum Gasteiger partial charge on any atom is -0.339 e. The van der Waals surface area contributed by atoms with Crippen LogP contribution >= 0.6 is 0 Å². The van der Waals surface area contributed by atoms with Crippen molar-refractivity contribution in [3.8, 4) is 0 Å². The van der Waals surface area contributed by atoms with Crippen molar-refractivity contribution in [3.05, 3.63) is 0 Å². The van der Waals surface area contributed by atoms with Crippen molar-refractivity contribution in [2.24, 2.45) is 0 Å². The van der Waals surface area contributed by atoms with Gasteiger partial charge in [-0.3, -0.25) is 15.0 Å². The van der Waals surface area contributed by atoms with Gasteiger partial charge in [-0.15, -0.1) is 0 Å². The van der Waals surface area contributed by atoms with E-state index in [0.29, 0.717) is 0 Å². The van der Waals surface area contributed by atoms with Crippen LogP contribution in [-0.2, 0) is 9.59 Å². The third kappa shape index (κ3) is 3.02. The van der Waals surface area contributed by atoms with Gasteiger partial charge in [0.1, 0.15) is 0 Å². The van der Waals surface area contributed by atoms with Crippen molar-refractivity contribution in [1.82, 2.24) is 15.8 Å². The molecule has 1 fully saturated rings. The van der Waals surface area contributed by atoms with Gasteiger partial charge in [0.05, 0.1) is 6.17 Å². The normalized spacial score (nSPS) is 22.8. The molecular weight excluding hydrogens is 170 g/mol. The van der Waals surface area contributed by atoms with Gasteiger partial charge in [0, 0.05) is 20.4 Å². The molecule has 13 heavy (non-hydrogen) atoms. The minimum absolute atomic E-state index is 0.0404. The highest BCUT2D eigenvalue weighted by Gasteiger charge is 2.25. The number of nitrogens with one attached hydrogen (secondary N) is 2. The van der Waals surface area contributed by atoms with Crippen molar-refractivity contribution in [2.45, 2.75) is 32.9 Å². The molecule has 74 valence electrons. The van der Waals surface area contributed by atoms with E-state index in [9.17, 15) is 9.59 Å². The number of hydrogen-bond acceptors (Lipinski definition) is 3. The second kappa shape index (κ2) is 4.23. The van der Waals surface area contributed by atoms with Crippen LogP contribution in [0.25, 0.3) is 0 Å². The van der Waals surface area contributed by atoms with Crippen LogP contribution < -0.4 is 10.7 Å². The summed E-state index contributed by atoms with van der Waals surface area (Å²) in [5.41, 5.74) is 2.68. The molecule has 0 radical (unpaired) electrons. The van der Waals surface area contributed by atoms with Gasteiger partial charge in [0.2, 0.25) is 11.8 Å². The van der Waals surface area contributed by atoms with Gasteiger partial charge >= 0.3 is 0 Å². The van der Waals surface area contributed by atoms with Crippen molar-refractivity contribution >= 4 is 11.8 Å². The number of hydrazine groups is 1. The second-order valence-electron chi connectivity index (χ2n) is 3.22. The number of rotatable bonds is 2. The summed E-state index contributed by atoms with van der Waals surface area (Å²) in [5, 5.41) is 4.54. The maximum Gasteiger partial charge on any atom is 0.231 e. The minimum atomic E-state index is -0.0998. The van der Waals surface area contributed by atoms with Gasteiger partial charge in [0.25, 0.3) is 0 Å². The van der Waals surface area contributed by atoms with E-state index >= 15 is 0 Å². The molecule has 0 saturated carbocycles. The third-order valence-corrected chi connectivity index (χ3v) is 1.92. The van der Waals surface area contributed by atoms with Gasteiger partial charge in [0.15, 0.2) is 0 Å². The van der Waals surface area contributed by atoms with Crippen molar-refractivity contribution in [3.63, 3.8) is 0 Å². The summed E-state index contributed by atoms with van der Waals surface area (Å²) in [4.78, 5) is 21.5. The molecule has 0 aromatic heterocycles. The average molecular weight is 185 g/mol. The Hall–Kier alpha value is -1.10. The first-order valence-electron chi connectivity index (χ1n) is 4.40. The molecule has 1 unspecified atom stereocenters. The fourth-order valence-electron chi connectivity index (χ4n) is 1.49. The van der Waals surface area contributed by atoms with Crippen LogP contribution in [0.2, 0.25) is 0 Å². The summed E-state index contributed by atoms with van der Waals surface area (Å²) >= 11 is 0. The van der Waals surface area contributed by atoms with Crippen LogP contribution in [-0.4, -0.2) is 29.5 Å². The molecule has 5 nitrogen and oxygen atoms in total. The molecule has 1 atom stereocenters. The summed E-state index contributed by atoms with van der Waals surface area (Å²) in [5.74, 6) is -0.167. The highest BCUT2D eigenvalue weighted by atomic mass is 16.2. The Morgan fingerprint density at radius 3 is 2.54 bits per heavy atom. The molecule has 5 heteroatoms. The van der Waals surface area contributed by atoms with E-state index in [-0.39, 0.29) is 18.0 Å². The number of carbonyl (C=O) groups excluding carboxylic acids is 2. The molecule has 1 saturated heterocycles. The Morgan fingerprint density at radius 1 is 1.31 bits per heavy atom. The summed E-state index contributed by atoms with van der Waals surface area (Å²) in [6, 6.07) is 0. The summed E-state index contributed by atoms with van der Waals surface area (Å²) in [7, 11) is 0. The Kier molecular flexibility index (Phi) is 3.25. The Bertz CT molecular complexity index is 195. The Balaban J connectivity index is 2.43. The molecule has 0 spiro atoms. The van der Waals surface area contributed by atoms with Crippen LogP contribution in [0.4, 0.5) is 0 Å². The van der Waals surface area contributed by atoms with Crippen molar-refractivity contribution in [2.75, 3.05) is 6.54 Å². The lowest BCUT2D eigenvalue weighted by molar-refractivity contribution is -0.127. The van der Waals surface area contributed by atoms with Gasteiger partial charge in [-0.05, 0) is 12.8 Å². The van der Waals surface area contributed by atoms with E-state index in [1.807, 2.05) is 0 Å². The number of carbonyl (C=O) groups is 2. The maximum atomic E-state index is 10.8. The molecule has 1 aliphatic heterocycles. The predicted molar refractivity (Wildman–Crippen MR) is 47.4 cm³/mol. The Labute approximate surface area is 77.4 Å². The van der Waals surface area contributed by atoms with Crippen molar-refractivity contribution in [1.29, 1.82) is 0 Å². The Morgan fingerprint density at radius 2 is 2.00 bits per heavy atom. The first-order chi connectivity index (χ1) is 6.09. The van der Waals surface area contributed by atoms with Gasteiger partial charge < -0.3 is 5.32 Å². The lowest BCUT2D eigenvalue weighted by Gasteiger charge is -2.24. The highest BCUT2D eigenvalue weighted by Crippen LogP contribution is 2.11. The SMILES string of the molecule is CC(=O)NC1CCCN1NC(C)=O. The molecule has 0 bridgehead atoms.